The molecule has 4 atom stereocenters. The summed E-state index contributed by atoms with van der Waals surface area (Å²) in [7, 11) is 0. The second kappa shape index (κ2) is 7.01. The van der Waals surface area contributed by atoms with Crippen molar-refractivity contribution in [3.8, 4) is 0 Å². The van der Waals surface area contributed by atoms with Gasteiger partial charge in [0, 0.05) is 6.92 Å². The zero-order valence-corrected chi connectivity index (χ0v) is 14.5. The second-order valence-corrected chi connectivity index (χ2v) is 6.17. The van der Waals surface area contributed by atoms with Gasteiger partial charge in [0.1, 0.15) is 12.2 Å². The third kappa shape index (κ3) is 3.43. The van der Waals surface area contributed by atoms with Gasteiger partial charge in [-0.3, -0.25) is 4.79 Å². The molecule has 2 aliphatic rings. The Morgan fingerprint density at radius 3 is 2.43 bits per heavy atom. The van der Waals surface area contributed by atoms with Gasteiger partial charge in [0.05, 0.1) is 18.2 Å². The molecule has 0 aromatic carbocycles. The summed E-state index contributed by atoms with van der Waals surface area (Å²) in [5.74, 6) is -1.26. The van der Waals surface area contributed by atoms with Gasteiger partial charge in [0.25, 0.3) is 0 Å². The molecule has 1 amide bonds. The van der Waals surface area contributed by atoms with E-state index in [1.165, 1.54) is 6.92 Å². The molecule has 0 aromatic heterocycles. The standard InChI is InChI=1S/C17H27NO5/c1-6-17(7-2)22-14-12(16(20)21-8-3)9-10(4)13(15(14)23-17)18-11(5)19/h9-10,13-15H,6-8H2,1-5H3,(H,18,19)/t10-,13+,14+,15-/m0/s1. The first-order chi connectivity index (χ1) is 10.9. The number of carbonyl (C=O) groups excluding carboxylic acids is 2. The molecule has 1 aliphatic carbocycles. The van der Waals surface area contributed by atoms with Crippen LogP contribution in [-0.4, -0.2) is 42.5 Å². The van der Waals surface area contributed by atoms with E-state index in [1.807, 2.05) is 26.8 Å². The highest BCUT2D eigenvalue weighted by Gasteiger charge is 2.54. The van der Waals surface area contributed by atoms with Crippen LogP contribution in [0.5, 0.6) is 0 Å². The lowest BCUT2D eigenvalue weighted by molar-refractivity contribution is -0.179. The van der Waals surface area contributed by atoms with Crippen LogP contribution in [0.2, 0.25) is 0 Å². The van der Waals surface area contributed by atoms with Gasteiger partial charge in [-0.25, -0.2) is 4.79 Å². The van der Waals surface area contributed by atoms with E-state index >= 15 is 0 Å². The van der Waals surface area contributed by atoms with Crippen LogP contribution in [0.1, 0.15) is 47.5 Å². The van der Waals surface area contributed by atoms with Gasteiger partial charge in [-0.05, 0) is 25.7 Å². The van der Waals surface area contributed by atoms with Crippen LogP contribution in [0.15, 0.2) is 11.6 Å². The molecule has 0 aromatic rings. The first kappa shape index (κ1) is 17.9. The van der Waals surface area contributed by atoms with E-state index in [0.29, 0.717) is 25.0 Å². The molecular formula is C17H27NO5. The molecule has 0 radical (unpaired) electrons. The van der Waals surface area contributed by atoms with E-state index in [0.717, 1.165) is 0 Å². The van der Waals surface area contributed by atoms with Crippen LogP contribution in [0.25, 0.3) is 0 Å². The Labute approximate surface area is 137 Å². The SMILES string of the molecule is CCOC(=O)C1=C[C@H](C)[C@@H](NC(C)=O)[C@@H]2OC(CC)(CC)O[C@H]12. The summed E-state index contributed by atoms with van der Waals surface area (Å²) < 4.78 is 17.5. The van der Waals surface area contributed by atoms with Crippen LogP contribution in [0.3, 0.4) is 0 Å². The van der Waals surface area contributed by atoms with Crippen LogP contribution in [0, 0.1) is 5.92 Å². The van der Waals surface area contributed by atoms with E-state index in [9.17, 15) is 9.59 Å². The summed E-state index contributed by atoms with van der Waals surface area (Å²) >= 11 is 0. The summed E-state index contributed by atoms with van der Waals surface area (Å²) in [6.45, 7) is 9.50. The molecule has 1 saturated heterocycles. The number of ether oxygens (including phenoxy) is 3. The van der Waals surface area contributed by atoms with Crippen LogP contribution >= 0.6 is 0 Å². The minimum Gasteiger partial charge on any atom is -0.463 e. The normalized spacial score (nSPS) is 32.0. The molecule has 1 fully saturated rings. The van der Waals surface area contributed by atoms with Gasteiger partial charge >= 0.3 is 5.97 Å². The molecule has 1 heterocycles. The second-order valence-electron chi connectivity index (χ2n) is 6.17. The van der Waals surface area contributed by atoms with Crippen LogP contribution in [-0.2, 0) is 23.8 Å². The van der Waals surface area contributed by atoms with E-state index in [1.54, 1.807) is 6.92 Å². The highest BCUT2D eigenvalue weighted by atomic mass is 16.8. The molecule has 6 heteroatoms. The number of hydrogen-bond donors (Lipinski definition) is 1. The van der Waals surface area contributed by atoms with E-state index in [-0.39, 0.29) is 23.8 Å². The van der Waals surface area contributed by atoms with Crippen molar-refractivity contribution < 1.29 is 23.8 Å². The van der Waals surface area contributed by atoms with Crippen molar-refractivity contribution in [2.24, 2.45) is 5.92 Å². The number of fused-ring (bicyclic) bond motifs is 1. The predicted octanol–water partition coefficient (Wildman–Crippen LogP) is 1.93. The molecule has 1 N–H and O–H groups in total. The van der Waals surface area contributed by atoms with Gasteiger partial charge in [-0.15, -0.1) is 0 Å². The summed E-state index contributed by atoms with van der Waals surface area (Å²) in [5, 5.41) is 2.94. The minimum absolute atomic E-state index is 0.0485. The number of esters is 1. The van der Waals surface area contributed by atoms with Crippen molar-refractivity contribution in [1.82, 2.24) is 5.32 Å². The molecule has 1 aliphatic heterocycles. The Bertz CT molecular complexity index is 497. The molecule has 6 nitrogen and oxygen atoms in total. The van der Waals surface area contributed by atoms with Gasteiger partial charge in [-0.1, -0.05) is 26.8 Å². The van der Waals surface area contributed by atoms with Crippen LogP contribution in [0.4, 0.5) is 0 Å². The Morgan fingerprint density at radius 1 is 1.26 bits per heavy atom. The van der Waals surface area contributed by atoms with Gasteiger partial charge in [-0.2, -0.15) is 0 Å². The Balaban J connectivity index is 2.36. The quantitative estimate of drug-likeness (QED) is 0.782. The molecule has 0 saturated carbocycles. The van der Waals surface area contributed by atoms with Gasteiger partial charge in [0.15, 0.2) is 5.79 Å². The zero-order chi connectivity index (χ0) is 17.2. The number of amides is 1. The highest BCUT2D eigenvalue weighted by Crippen LogP contribution is 2.42. The molecular weight excluding hydrogens is 298 g/mol. The molecule has 0 bridgehead atoms. The maximum Gasteiger partial charge on any atom is 0.336 e. The van der Waals surface area contributed by atoms with E-state index in [4.69, 9.17) is 14.2 Å². The smallest absolute Gasteiger partial charge is 0.336 e. The predicted molar refractivity (Wildman–Crippen MR) is 84.5 cm³/mol. The summed E-state index contributed by atoms with van der Waals surface area (Å²) in [6, 6.07) is -0.226. The van der Waals surface area contributed by atoms with Gasteiger partial charge in [0.2, 0.25) is 5.91 Å². The van der Waals surface area contributed by atoms with Gasteiger partial charge < -0.3 is 19.5 Å². The summed E-state index contributed by atoms with van der Waals surface area (Å²) in [4.78, 5) is 23.8. The zero-order valence-electron chi connectivity index (χ0n) is 14.5. The van der Waals surface area contributed by atoms with Crippen LogP contribution < -0.4 is 5.32 Å². The summed E-state index contributed by atoms with van der Waals surface area (Å²) in [5.41, 5.74) is 0.495. The average Bonchev–Trinajstić information content (AvgIpc) is 2.90. The molecule has 23 heavy (non-hydrogen) atoms. The Hall–Kier alpha value is -1.40. The largest absolute Gasteiger partial charge is 0.463 e. The number of nitrogens with one attached hydrogen (secondary N) is 1. The minimum atomic E-state index is -0.721. The third-order valence-electron chi connectivity index (χ3n) is 4.62. The fourth-order valence-electron chi connectivity index (χ4n) is 3.35. The Morgan fingerprint density at radius 2 is 1.91 bits per heavy atom. The van der Waals surface area contributed by atoms with Crippen molar-refractivity contribution in [3.05, 3.63) is 11.6 Å². The number of carbonyl (C=O) groups is 2. The monoisotopic (exact) mass is 325 g/mol. The number of hydrogen-bond acceptors (Lipinski definition) is 5. The van der Waals surface area contributed by atoms with Crippen molar-refractivity contribution in [2.75, 3.05) is 6.61 Å². The highest BCUT2D eigenvalue weighted by molar-refractivity contribution is 5.90. The average molecular weight is 325 g/mol. The summed E-state index contributed by atoms with van der Waals surface area (Å²) in [6.07, 6.45) is 2.28. The molecule has 130 valence electrons. The Kier molecular flexibility index (Phi) is 5.47. The topological polar surface area (TPSA) is 73.9 Å². The maximum atomic E-state index is 12.3. The fourth-order valence-corrected chi connectivity index (χ4v) is 3.35. The lowest BCUT2D eigenvalue weighted by atomic mass is 9.82. The van der Waals surface area contributed by atoms with Crippen molar-refractivity contribution in [3.63, 3.8) is 0 Å². The molecule has 2 rings (SSSR count). The fraction of sp³-hybridized carbons (Fsp3) is 0.765. The number of rotatable bonds is 5. The maximum absolute atomic E-state index is 12.3. The molecule has 0 unspecified atom stereocenters. The van der Waals surface area contributed by atoms with Crippen molar-refractivity contribution in [1.29, 1.82) is 0 Å². The third-order valence-corrected chi connectivity index (χ3v) is 4.62. The lowest BCUT2D eigenvalue weighted by Crippen LogP contribution is -2.54. The molecule has 0 spiro atoms. The lowest BCUT2D eigenvalue weighted by Gasteiger charge is -2.35. The van der Waals surface area contributed by atoms with Crippen molar-refractivity contribution in [2.45, 2.75) is 71.5 Å². The first-order valence-electron chi connectivity index (χ1n) is 8.39. The van der Waals surface area contributed by atoms with Crippen molar-refractivity contribution >= 4 is 11.9 Å². The van der Waals surface area contributed by atoms with E-state index < -0.39 is 18.0 Å². The van der Waals surface area contributed by atoms with E-state index in [2.05, 4.69) is 5.32 Å². The first-order valence-corrected chi connectivity index (χ1v) is 8.39.